The van der Waals surface area contributed by atoms with Gasteiger partial charge in [0.25, 0.3) is 0 Å². The van der Waals surface area contributed by atoms with Crippen molar-refractivity contribution in [1.29, 1.82) is 0 Å². The van der Waals surface area contributed by atoms with Gasteiger partial charge in [-0.1, -0.05) is 36.4 Å². The first-order chi connectivity index (χ1) is 15.5. The first-order valence-corrected chi connectivity index (χ1v) is 9.61. The third kappa shape index (κ3) is 2.92. The maximum atomic E-state index is 14.9. The number of hydrogen-bond donors (Lipinski definition) is 3. The summed E-state index contributed by atoms with van der Waals surface area (Å²) >= 11 is 0. The van der Waals surface area contributed by atoms with Gasteiger partial charge in [-0.3, -0.25) is 9.36 Å². The highest BCUT2D eigenvalue weighted by molar-refractivity contribution is 6.15. The van der Waals surface area contributed by atoms with Crippen LogP contribution in [0.1, 0.15) is 15.9 Å². The first-order valence-electron chi connectivity index (χ1n) is 9.61. The summed E-state index contributed by atoms with van der Waals surface area (Å²) in [5.74, 6) is -4.41. The molecule has 3 N–H and O–H groups in total. The fraction of sp³-hybridized carbons (Fsp3) is 0. The molecule has 3 aromatic carbocycles. The third-order valence-corrected chi connectivity index (χ3v) is 5.25. The molecule has 5 rings (SSSR count). The van der Waals surface area contributed by atoms with Gasteiger partial charge < -0.3 is 15.2 Å². The molecule has 0 amide bonds. The third-order valence-electron chi connectivity index (χ3n) is 5.25. The van der Waals surface area contributed by atoms with Gasteiger partial charge in [0.1, 0.15) is 0 Å². The Morgan fingerprint density at radius 1 is 0.969 bits per heavy atom. The van der Waals surface area contributed by atoms with Crippen molar-refractivity contribution in [2.45, 2.75) is 0 Å². The van der Waals surface area contributed by atoms with E-state index < -0.39 is 29.0 Å². The van der Waals surface area contributed by atoms with Crippen LogP contribution in [0, 0.1) is 11.6 Å². The number of fused-ring (bicyclic) bond motifs is 1. The zero-order valence-corrected chi connectivity index (χ0v) is 16.4. The highest BCUT2D eigenvalue weighted by atomic mass is 19.2. The fourth-order valence-corrected chi connectivity index (χ4v) is 3.75. The Labute approximate surface area is 180 Å². The van der Waals surface area contributed by atoms with Crippen LogP contribution in [0.5, 0.6) is 11.6 Å². The van der Waals surface area contributed by atoms with Crippen LogP contribution in [-0.2, 0) is 0 Å². The molecule has 0 atom stereocenters. The topological polar surface area (TPSA) is 91.1 Å². The van der Waals surface area contributed by atoms with Crippen molar-refractivity contribution in [1.82, 2.24) is 14.5 Å². The highest BCUT2D eigenvalue weighted by Crippen LogP contribution is 2.45. The number of ketones is 1. The zero-order chi connectivity index (χ0) is 22.4. The molecular weight excluding hydrogens is 416 g/mol. The summed E-state index contributed by atoms with van der Waals surface area (Å²) in [5.41, 5.74) is 0.958. The van der Waals surface area contributed by atoms with Crippen molar-refractivity contribution in [2.24, 2.45) is 0 Å². The van der Waals surface area contributed by atoms with Gasteiger partial charge in [-0.15, -0.1) is 0 Å². The molecular formula is C24H15F2N3O3. The summed E-state index contributed by atoms with van der Waals surface area (Å²) in [7, 11) is 0. The van der Waals surface area contributed by atoms with Crippen LogP contribution in [0.2, 0.25) is 0 Å². The molecule has 0 spiro atoms. The molecule has 0 aliphatic heterocycles. The van der Waals surface area contributed by atoms with Crippen LogP contribution in [0.25, 0.3) is 28.0 Å². The number of hydrogen-bond acceptors (Lipinski definition) is 4. The van der Waals surface area contributed by atoms with E-state index in [2.05, 4.69) is 9.97 Å². The second-order valence-electron chi connectivity index (χ2n) is 7.13. The first kappa shape index (κ1) is 19.5. The number of aromatic nitrogens is 3. The van der Waals surface area contributed by atoms with Crippen molar-refractivity contribution in [3.05, 3.63) is 95.8 Å². The molecule has 0 saturated heterocycles. The van der Waals surface area contributed by atoms with E-state index in [0.717, 1.165) is 10.6 Å². The van der Waals surface area contributed by atoms with E-state index >= 15 is 0 Å². The van der Waals surface area contributed by atoms with Crippen LogP contribution in [0.15, 0.2) is 73.1 Å². The fourth-order valence-electron chi connectivity index (χ4n) is 3.75. The van der Waals surface area contributed by atoms with Crippen LogP contribution >= 0.6 is 0 Å². The Morgan fingerprint density at radius 2 is 1.75 bits per heavy atom. The number of H-pyrrole nitrogens is 1. The quantitative estimate of drug-likeness (QED) is 0.352. The Bertz CT molecular complexity index is 1490. The number of halogens is 2. The average Bonchev–Trinajstić information content (AvgIpc) is 3.38. The van der Waals surface area contributed by atoms with E-state index in [4.69, 9.17) is 0 Å². The summed E-state index contributed by atoms with van der Waals surface area (Å²) in [5, 5.41) is 21.6. The van der Waals surface area contributed by atoms with E-state index in [-0.39, 0.29) is 22.4 Å². The lowest BCUT2D eigenvalue weighted by atomic mass is 9.98. The van der Waals surface area contributed by atoms with Crippen LogP contribution in [0.4, 0.5) is 8.78 Å². The number of carbonyl (C=O) groups is 1. The molecule has 2 heterocycles. The number of nitrogens with zero attached hydrogens (tertiary/aromatic N) is 2. The van der Waals surface area contributed by atoms with Crippen molar-refractivity contribution >= 4 is 16.8 Å². The van der Waals surface area contributed by atoms with E-state index in [1.54, 1.807) is 36.4 Å². The lowest BCUT2D eigenvalue weighted by Crippen LogP contribution is -2.06. The number of rotatable bonds is 4. The zero-order valence-electron chi connectivity index (χ0n) is 16.4. The number of imidazole rings is 1. The lowest BCUT2D eigenvalue weighted by Gasteiger charge is -2.13. The molecule has 0 radical (unpaired) electrons. The van der Waals surface area contributed by atoms with Gasteiger partial charge in [-0.05, 0) is 30.3 Å². The predicted octanol–water partition coefficient (Wildman–Crippen LogP) is 4.94. The highest BCUT2D eigenvalue weighted by Gasteiger charge is 2.31. The Hall–Kier alpha value is -4.46. The summed E-state index contributed by atoms with van der Waals surface area (Å²) in [6, 6.07) is 16.4. The maximum absolute atomic E-state index is 14.9. The van der Waals surface area contributed by atoms with Gasteiger partial charge in [0.05, 0.1) is 34.3 Å². The number of carbonyl (C=O) groups excluding carboxylic acids is 1. The monoisotopic (exact) mass is 431 g/mol. The lowest BCUT2D eigenvalue weighted by molar-refractivity contribution is 0.103. The summed E-state index contributed by atoms with van der Waals surface area (Å²) in [6.45, 7) is 0. The van der Waals surface area contributed by atoms with Crippen molar-refractivity contribution in [3.8, 4) is 28.6 Å². The van der Waals surface area contributed by atoms with Crippen LogP contribution in [0.3, 0.4) is 0 Å². The SMILES string of the molecule is O=C(c1ccccc1)c1c(O)c(O)n(-c2ccc3nc[nH]c3c2)c1-c1cccc(F)c1F. The predicted molar refractivity (Wildman–Crippen MR) is 114 cm³/mol. The van der Waals surface area contributed by atoms with Crippen molar-refractivity contribution in [3.63, 3.8) is 0 Å². The second kappa shape index (κ2) is 7.35. The summed E-state index contributed by atoms with van der Waals surface area (Å²) in [4.78, 5) is 20.4. The minimum absolute atomic E-state index is 0.176. The number of aromatic amines is 1. The molecule has 0 saturated carbocycles. The maximum Gasteiger partial charge on any atom is 0.240 e. The smallest absolute Gasteiger partial charge is 0.240 e. The van der Waals surface area contributed by atoms with E-state index in [1.165, 1.54) is 30.6 Å². The van der Waals surface area contributed by atoms with E-state index in [1.807, 2.05) is 0 Å². The summed E-state index contributed by atoms with van der Waals surface area (Å²) in [6.07, 6.45) is 1.49. The van der Waals surface area contributed by atoms with Gasteiger partial charge in [0, 0.05) is 11.1 Å². The Morgan fingerprint density at radius 3 is 2.53 bits per heavy atom. The molecule has 32 heavy (non-hydrogen) atoms. The molecule has 158 valence electrons. The van der Waals surface area contributed by atoms with Crippen molar-refractivity contribution in [2.75, 3.05) is 0 Å². The normalized spacial score (nSPS) is 11.2. The van der Waals surface area contributed by atoms with Gasteiger partial charge >= 0.3 is 0 Å². The van der Waals surface area contributed by atoms with Gasteiger partial charge in [0.2, 0.25) is 5.88 Å². The molecule has 0 aliphatic carbocycles. The van der Waals surface area contributed by atoms with Crippen LogP contribution in [-0.4, -0.2) is 30.5 Å². The van der Waals surface area contributed by atoms with E-state index in [0.29, 0.717) is 16.7 Å². The van der Waals surface area contributed by atoms with Gasteiger partial charge in [-0.25, -0.2) is 13.8 Å². The van der Waals surface area contributed by atoms with Crippen LogP contribution < -0.4 is 0 Å². The molecule has 2 aromatic heterocycles. The Kier molecular flexibility index (Phi) is 4.48. The number of nitrogens with one attached hydrogen (secondary N) is 1. The minimum atomic E-state index is -1.21. The molecule has 6 nitrogen and oxygen atoms in total. The summed E-state index contributed by atoms with van der Waals surface area (Å²) < 4.78 is 30.1. The van der Waals surface area contributed by atoms with Crippen molar-refractivity contribution < 1.29 is 23.8 Å². The standard InChI is InChI=1S/C24H15F2N3O3/c25-16-8-4-7-15(20(16)26)21-19(22(30)13-5-2-1-3-6-13)23(31)24(32)29(21)14-9-10-17-18(11-14)28-12-27-17/h1-12,31-32H,(H,27,28). The van der Waals surface area contributed by atoms with Gasteiger partial charge in [-0.2, -0.15) is 0 Å². The molecule has 5 aromatic rings. The van der Waals surface area contributed by atoms with E-state index in [9.17, 15) is 23.8 Å². The number of benzene rings is 3. The number of aromatic hydroxyl groups is 2. The molecule has 8 heteroatoms. The average molecular weight is 431 g/mol. The molecule has 0 bridgehead atoms. The molecule has 0 unspecified atom stereocenters. The molecule has 0 aliphatic rings. The Balaban J connectivity index is 1.86. The van der Waals surface area contributed by atoms with Gasteiger partial charge in [0.15, 0.2) is 23.2 Å². The minimum Gasteiger partial charge on any atom is -0.503 e. The largest absolute Gasteiger partial charge is 0.503 e. The second-order valence-corrected chi connectivity index (χ2v) is 7.13. The molecule has 0 fully saturated rings.